The van der Waals surface area contributed by atoms with Crippen molar-refractivity contribution in [1.29, 1.82) is 0 Å². The van der Waals surface area contributed by atoms with Crippen LogP contribution in [-0.2, 0) is 18.3 Å². The Morgan fingerprint density at radius 3 is 1.93 bits per heavy atom. The van der Waals surface area contributed by atoms with E-state index < -0.39 is 104 Å². The van der Waals surface area contributed by atoms with E-state index in [2.05, 4.69) is 25.7 Å². The fourth-order valence-electron chi connectivity index (χ4n) is 3.93. The van der Waals surface area contributed by atoms with Crippen LogP contribution in [0.25, 0.3) is 0 Å². The Bertz CT molecular complexity index is 1620. The zero-order valence-electron chi connectivity index (χ0n) is 22.1. The third-order valence-electron chi connectivity index (χ3n) is 6.14. The molecule has 0 saturated carbocycles. The maximum Gasteiger partial charge on any atom is 0.573 e. The topological polar surface area (TPSA) is 59.5 Å². The molecule has 0 atom stereocenters. The molecule has 0 radical (unpaired) electrons. The number of anilines is 1. The highest BCUT2D eigenvalue weighted by Crippen LogP contribution is 2.54. The number of halogens is 15. The van der Waals surface area contributed by atoms with E-state index in [9.17, 15) is 66.7 Å². The van der Waals surface area contributed by atoms with Crippen molar-refractivity contribution in [3.05, 3.63) is 86.9 Å². The normalized spacial score (nSPS) is 13.0. The van der Waals surface area contributed by atoms with Gasteiger partial charge < -0.3 is 9.64 Å². The van der Waals surface area contributed by atoms with Gasteiger partial charge >= 0.3 is 30.6 Å². The van der Waals surface area contributed by atoms with Crippen molar-refractivity contribution < 1.29 is 75.8 Å². The van der Waals surface area contributed by atoms with Gasteiger partial charge in [0.2, 0.25) is 0 Å². The van der Waals surface area contributed by atoms with E-state index in [0.29, 0.717) is 23.2 Å². The molecule has 1 aromatic heterocycles. The minimum absolute atomic E-state index is 0.176. The summed E-state index contributed by atoms with van der Waals surface area (Å²) >= 11 is 2.43. The molecule has 2 aromatic carbocycles. The van der Waals surface area contributed by atoms with Gasteiger partial charge in [0.15, 0.2) is 11.6 Å². The fourth-order valence-corrected chi connectivity index (χ4v) is 4.51. The molecular weight excluding hydrogens is 734 g/mol. The van der Waals surface area contributed by atoms with Crippen molar-refractivity contribution in [2.24, 2.45) is 0 Å². The number of alkyl halides is 13. The molecule has 1 heterocycles. The van der Waals surface area contributed by atoms with Crippen molar-refractivity contribution in [2.75, 3.05) is 11.9 Å². The number of ketones is 1. The number of nitrogens with zero attached hydrogens (tertiary/aromatic N) is 2. The molecule has 1 amide bonds. The van der Waals surface area contributed by atoms with Gasteiger partial charge in [-0.05, 0) is 36.4 Å². The van der Waals surface area contributed by atoms with Crippen LogP contribution in [0, 0.1) is 5.82 Å². The second-order valence-corrected chi connectivity index (χ2v) is 10.0. The van der Waals surface area contributed by atoms with Crippen LogP contribution in [0.5, 0.6) is 5.75 Å². The largest absolute Gasteiger partial charge is 0.573 e. The molecular formula is C26H13BrF14N2O3. The van der Waals surface area contributed by atoms with Crippen LogP contribution in [0.4, 0.5) is 67.2 Å². The Morgan fingerprint density at radius 2 is 1.46 bits per heavy atom. The van der Waals surface area contributed by atoms with Gasteiger partial charge in [-0.25, -0.2) is 8.78 Å². The Hall–Kier alpha value is -3.97. The maximum atomic E-state index is 15.4. The molecule has 0 unspecified atom stereocenters. The first-order valence-electron chi connectivity index (χ1n) is 11.8. The monoisotopic (exact) mass is 746 g/mol. The Morgan fingerprint density at radius 1 is 0.870 bits per heavy atom. The van der Waals surface area contributed by atoms with E-state index >= 15 is 4.39 Å². The molecule has 5 nitrogen and oxygen atoms in total. The first-order valence-corrected chi connectivity index (χ1v) is 12.6. The van der Waals surface area contributed by atoms with Gasteiger partial charge in [0.05, 0.1) is 16.8 Å². The second kappa shape index (κ2) is 12.3. The number of aromatic nitrogens is 1. The molecule has 20 heteroatoms. The minimum atomic E-state index is -6.72. The molecule has 3 aromatic rings. The van der Waals surface area contributed by atoms with Gasteiger partial charge in [0.25, 0.3) is 5.91 Å². The third-order valence-corrected chi connectivity index (χ3v) is 6.85. The van der Waals surface area contributed by atoms with Crippen LogP contribution in [0.15, 0.2) is 53.1 Å². The smallest absolute Gasteiger partial charge is 0.405 e. The standard InChI is InChI=1S/C26H13BrF14N2O3/c1-43(21(45)11-5-6-19(42-10-11)23(30,31)32)16-4-2-3-13(20(16)28)17(44)9-14-15(27)7-12(8-18(14)46-26(39,40)41)22(29,24(33,34)35)25(36,37)38/h2-8,10H,9H2,1H3. The summed E-state index contributed by atoms with van der Waals surface area (Å²) in [6, 6.07) is 3.08. The summed E-state index contributed by atoms with van der Waals surface area (Å²) < 4.78 is 190. The maximum absolute atomic E-state index is 15.4. The van der Waals surface area contributed by atoms with Gasteiger partial charge in [0, 0.05) is 35.3 Å². The molecule has 0 aliphatic heterocycles. The molecule has 0 spiro atoms. The SMILES string of the molecule is CN(C(=O)c1ccc(C(F)(F)F)nc1)c1cccc(C(=O)Cc2c(Br)cc(C(F)(C(F)(F)F)C(F)(F)F)cc2OC(F)(F)F)c1F. The zero-order valence-corrected chi connectivity index (χ0v) is 23.7. The lowest BCUT2D eigenvalue weighted by atomic mass is 9.91. The van der Waals surface area contributed by atoms with Gasteiger partial charge in [-0.15, -0.1) is 13.2 Å². The minimum Gasteiger partial charge on any atom is -0.405 e. The van der Waals surface area contributed by atoms with Gasteiger partial charge in [-0.2, -0.15) is 39.5 Å². The lowest BCUT2D eigenvalue weighted by Gasteiger charge is -2.31. The van der Waals surface area contributed by atoms with Crippen LogP contribution in [0.1, 0.15) is 37.5 Å². The first kappa shape index (κ1) is 36.5. The summed E-state index contributed by atoms with van der Waals surface area (Å²) in [5.74, 6) is -5.95. The summed E-state index contributed by atoms with van der Waals surface area (Å²) in [7, 11) is 0.932. The number of hydrogen-bond donors (Lipinski definition) is 0. The number of benzene rings is 2. The highest BCUT2D eigenvalue weighted by Gasteiger charge is 2.73. The second-order valence-electron chi connectivity index (χ2n) is 9.17. The number of hydrogen-bond acceptors (Lipinski definition) is 4. The van der Waals surface area contributed by atoms with E-state index in [0.717, 1.165) is 25.2 Å². The quantitative estimate of drug-likeness (QED) is 0.179. The average Bonchev–Trinajstić information content (AvgIpc) is 2.91. The van der Waals surface area contributed by atoms with Crippen LogP contribution in [-0.4, -0.2) is 42.4 Å². The number of Topliss-reactive ketones (excluding diaryl/α,β-unsaturated/α-hetero) is 1. The van der Waals surface area contributed by atoms with E-state index in [1.165, 1.54) is 0 Å². The van der Waals surface area contributed by atoms with E-state index in [1.807, 2.05) is 0 Å². The predicted molar refractivity (Wildman–Crippen MR) is 132 cm³/mol. The molecule has 3 rings (SSSR count). The van der Waals surface area contributed by atoms with E-state index in [1.54, 1.807) is 0 Å². The lowest BCUT2D eigenvalue weighted by Crippen LogP contribution is -2.50. The molecule has 0 saturated heterocycles. The predicted octanol–water partition coefficient (Wildman–Crippen LogP) is 8.89. The number of carbonyl (C=O) groups is 2. The number of carbonyl (C=O) groups excluding carboxylic acids is 2. The van der Waals surface area contributed by atoms with Crippen molar-refractivity contribution in [3.8, 4) is 5.75 Å². The molecule has 0 N–H and O–H groups in total. The fraction of sp³-hybridized carbons (Fsp3) is 0.269. The van der Waals surface area contributed by atoms with E-state index in [-0.39, 0.29) is 6.07 Å². The third kappa shape index (κ3) is 7.36. The summed E-state index contributed by atoms with van der Waals surface area (Å²) in [4.78, 5) is 29.4. The number of pyridine rings is 1. The van der Waals surface area contributed by atoms with Crippen molar-refractivity contribution in [3.63, 3.8) is 0 Å². The number of rotatable bonds is 7. The Kier molecular flexibility index (Phi) is 9.78. The van der Waals surface area contributed by atoms with Crippen LogP contribution >= 0.6 is 15.9 Å². The molecule has 250 valence electrons. The molecule has 46 heavy (non-hydrogen) atoms. The lowest BCUT2D eigenvalue weighted by molar-refractivity contribution is -0.348. The van der Waals surface area contributed by atoms with Crippen molar-refractivity contribution >= 4 is 33.3 Å². The first-order chi connectivity index (χ1) is 20.8. The van der Waals surface area contributed by atoms with Crippen LogP contribution < -0.4 is 9.64 Å². The molecule has 0 aliphatic carbocycles. The summed E-state index contributed by atoms with van der Waals surface area (Å²) in [5, 5.41) is 0. The Labute approximate surface area is 255 Å². The highest BCUT2D eigenvalue weighted by atomic mass is 79.9. The van der Waals surface area contributed by atoms with Gasteiger partial charge in [-0.3, -0.25) is 14.6 Å². The van der Waals surface area contributed by atoms with Crippen molar-refractivity contribution in [2.45, 2.75) is 37.0 Å². The molecule has 0 fully saturated rings. The van der Waals surface area contributed by atoms with Gasteiger partial charge in [0.1, 0.15) is 11.4 Å². The van der Waals surface area contributed by atoms with Crippen LogP contribution in [0.2, 0.25) is 0 Å². The average molecular weight is 747 g/mol. The highest BCUT2D eigenvalue weighted by molar-refractivity contribution is 9.10. The summed E-state index contributed by atoms with van der Waals surface area (Å²) in [6.45, 7) is 0. The summed E-state index contributed by atoms with van der Waals surface area (Å²) in [5.41, 5.74) is -13.1. The number of amides is 1. The van der Waals surface area contributed by atoms with Crippen molar-refractivity contribution in [1.82, 2.24) is 4.98 Å². The Balaban J connectivity index is 2.04. The van der Waals surface area contributed by atoms with Crippen LogP contribution in [0.3, 0.4) is 0 Å². The molecule has 0 bridgehead atoms. The summed E-state index contributed by atoms with van der Waals surface area (Å²) in [6.07, 6.45) is -24.9. The zero-order chi connectivity index (χ0) is 35.2. The van der Waals surface area contributed by atoms with E-state index in [4.69, 9.17) is 0 Å². The van der Waals surface area contributed by atoms with Gasteiger partial charge in [-0.1, -0.05) is 22.0 Å². The number of ether oxygens (including phenoxy) is 1. The molecule has 0 aliphatic rings.